The fourth-order valence-electron chi connectivity index (χ4n) is 3.01. The number of hydrogen-bond acceptors (Lipinski definition) is 5. The van der Waals surface area contributed by atoms with Gasteiger partial charge in [0.1, 0.15) is 10.8 Å². The van der Waals surface area contributed by atoms with Gasteiger partial charge in [-0.2, -0.15) is 0 Å². The van der Waals surface area contributed by atoms with Crippen molar-refractivity contribution < 1.29 is 4.79 Å². The predicted octanol–water partition coefficient (Wildman–Crippen LogP) is 3.12. The zero-order chi connectivity index (χ0) is 17.5. The Balaban J connectivity index is 1.63. The van der Waals surface area contributed by atoms with Crippen molar-refractivity contribution in [1.82, 2.24) is 15.3 Å². The van der Waals surface area contributed by atoms with Crippen LogP contribution in [0.25, 0.3) is 0 Å². The summed E-state index contributed by atoms with van der Waals surface area (Å²) in [6, 6.07) is 10.4. The number of nitrogens with one attached hydrogen (secondary N) is 1. The van der Waals surface area contributed by atoms with Crippen LogP contribution in [0.15, 0.2) is 47.8 Å². The Morgan fingerprint density at radius 3 is 2.96 bits per heavy atom. The molecular weight excluding hydrogens is 332 g/mol. The maximum Gasteiger partial charge on any atom is 0.224 e. The molecule has 2 heterocycles. The lowest BCUT2D eigenvalue weighted by Gasteiger charge is -2.32. The van der Waals surface area contributed by atoms with E-state index in [0.717, 1.165) is 36.0 Å². The molecule has 1 fully saturated rings. The Kier molecular flexibility index (Phi) is 6.28. The van der Waals surface area contributed by atoms with Gasteiger partial charge in [-0.15, -0.1) is 11.8 Å². The van der Waals surface area contributed by atoms with Gasteiger partial charge in [-0.25, -0.2) is 4.98 Å². The molecule has 0 radical (unpaired) electrons. The van der Waals surface area contributed by atoms with Crippen molar-refractivity contribution >= 4 is 23.5 Å². The van der Waals surface area contributed by atoms with E-state index in [4.69, 9.17) is 4.98 Å². The predicted molar refractivity (Wildman–Crippen MR) is 102 cm³/mol. The third-order valence-electron chi connectivity index (χ3n) is 4.30. The molecule has 1 aromatic heterocycles. The Morgan fingerprint density at radius 2 is 2.16 bits per heavy atom. The van der Waals surface area contributed by atoms with Crippen LogP contribution in [0.1, 0.15) is 25.3 Å². The lowest BCUT2D eigenvalue weighted by Crippen LogP contribution is -2.43. The second-order valence-corrected chi connectivity index (χ2v) is 7.17. The van der Waals surface area contributed by atoms with Gasteiger partial charge in [-0.3, -0.25) is 9.78 Å². The van der Waals surface area contributed by atoms with Gasteiger partial charge in [0.25, 0.3) is 0 Å². The molecule has 1 atom stereocenters. The van der Waals surface area contributed by atoms with Crippen LogP contribution in [0.5, 0.6) is 0 Å². The van der Waals surface area contributed by atoms with Crippen LogP contribution < -0.4 is 10.2 Å². The maximum atomic E-state index is 12.1. The Hall–Kier alpha value is -2.08. The number of amides is 1. The van der Waals surface area contributed by atoms with Crippen molar-refractivity contribution in [3.8, 4) is 0 Å². The van der Waals surface area contributed by atoms with Gasteiger partial charge in [-0.1, -0.05) is 30.3 Å². The van der Waals surface area contributed by atoms with E-state index in [2.05, 4.69) is 27.3 Å². The summed E-state index contributed by atoms with van der Waals surface area (Å²) < 4.78 is 0. The molecule has 0 aliphatic carbocycles. The van der Waals surface area contributed by atoms with Crippen molar-refractivity contribution in [2.24, 2.45) is 5.92 Å². The van der Waals surface area contributed by atoms with Crippen LogP contribution in [0.3, 0.4) is 0 Å². The smallest absolute Gasteiger partial charge is 0.224 e. The molecule has 1 aliphatic rings. The highest BCUT2D eigenvalue weighted by atomic mass is 32.2. The standard InChI is InChI=1S/C19H24N4OS/c1-2-21-19(24)16-9-6-10-23(13-16)17-11-20-12-18(22-17)25-14-15-7-4-3-5-8-15/h3-5,7-8,11-12,16H,2,6,9-10,13-14H2,1H3,(H,21,24). The van der Waals surface area contributed by atoms with Crippen molar-refractivity contribution in [1.29, 1.82) is 0 Å². The van der Waals surface area contributed by atoms with Crippen molar-refractivity contribution in [3.63, 3.8) is 0 Å². The molecule has 132 valence electrons. The quantitative estimate of drug-likeness (QED) is 0.806. The van der Waals surface area contributed by atoms with Crippen LogP contribution in [0, 0.1) is 5.92 Å². The molecule has 25 heavy (non-hydrogen) atoms. The van der Waals surface area contributed by atoms with E-state index in [1.54, 1.807) is 18.0 Å². The zero-order valence-corrected chi connectivity index (χ0v) is 15.3. The van der Waals surface area contributed by atoms with Crippen molar-refractivity contribution in [3.05, 3.63) is 48.3 Å². The summed E-state index contributed by atoms with van der Waals surface area (Å²) in [5.41, 5.74) is 1.27. The molecule has 1 aliphatic heterocycles. The monoisotopic (exact) mass is 356 g/mol. The summed E-state index contributed by atoms with van der Waals surface area (Å²) in [5.74, 6) is 1.93. The van der Waals surface area contributed by atoms with E-state index in [1.807, 2.05) is 31.3 Å². The number of thioether (sulfide) groups is 1. The van der Waals surface area contributed by atoms with E-state index in [-0.39, 0.29) is 11.8 Å². The minimum absolute atomic E-state index is 0.0381. The van der Waals surface area contributed by atoms with Gasteiger partial charge >= 0.3 is 0 Å². The molecule has 0 saturated carbocycles. The van der Waals surface area contributed by atoms with Gasteiger partial charge in [0.05, 0.1) is 18.3 Å². The summed E-state index contributed by atoms with van der Waals surface area (Å²) in [5, 5.41) is 3.85. The van der Waals surface area contributed by atoms with Gasteiger partial charge in [0, 0.05) is 25.4 Å². The molecule has 1 N–H and O–H groups in total. The molecule has 1 aromatic carbocycles. The Bertz CT molecular complexity index is 695. The number of rotatable bonds is 6. The van der Waals surface area contributed by atoms with Gasteiger partial charge in [0.15, 0.2) is 0 Å². The second-order valence-electron chi connectivity index (χ2n) is 6.17. The highest BCUT2D eigenvalue weighted by Gasteiger charge is 2.26. The molecule has 2 aromatic rings. The largest absolute Gasteiger partial charge is 0.356 e. The number of benzene rings is 1. The molecule has 3 rings (SSSR count). The van der Waals surface area contributed by atoms with E-state index in [1.165, 1.54) is 5.56 Å². The lowest BCUT2D eigenvalue weighted by atomic mass is 9.97. The Labute approximate surface area is 153 Å². The fourth-order valence-corrected chi connectivity index (χ4v) is 3.81. The Morgan fingerprint density at radius 1 is 1.32 bits per heavy atom. The van der Waals surface area contributed by atoms with Crippen LogP contribution in [-0.2, 0) is 10.5 Å². The van der Waals surface area contributed by atoms with Gasteiger partial charge in [-0.05, 0) is 25.3 Å². The number of nitrogens with zero attached hydrogens (tertiary/aromatic N) is 3. The molecule has 0 bridgehead atoms. The number of piperidine rings is 1. The molecule has 6 heteroatoms. The molecule has 1 saturated heterocycles. The first kappa shape index (κ1) is 17.7. The SMILES string of the molecule is CCNC(=O)C1CCCN(c2cncc(SCc3ccccc3)n2)C1. The number of carbonyl (C=O) groups is 1. The zero-order valence-electron chi connectivity index (χ0n) is 14.5. The van der Waals surface area contributed by atoms with Crippen LogP contribution in [-0.4, -0.2) is 35.5 Å². The average molecular weight is 356 g/mol. The summed E-state index contributed by atoms with van der Waals surface area (Å²) in [7, 11) is 0. The van der Waals surface area contributed by atoms with E-state index >= 15 is 0 Å². The number of hydrogen-bond donors (Lipinski definition) is 1. The summed E-state index contributed by atoms with van der Waals surface area (Å²) >= 11 is 1.69. The maximum absolute atomic E-state index is 12.1. The average Bonchev–Trinajstić information content (AvgIpc) is 2.68. The highest BCUT2D eigenvalue weighted by molar-refractivity contribution is 7.98. The molecule has 5 nitrogen and oxygen atoms in total. The van der Waals surface area contributed by atoms with E-state index < -0.39 is 0 Å². The third kappa shape index (κ3) is 4.95. The molecule has 1 unspecified atom stereocenters. The first-order valence-corrected chi connectivity index (χ1v) is 9.76. The first-order valence-electron chi connectivity index (χ1n) is 8.77. The first-order chi connectivity index (χ1) is 12.3. The van der Waals surface area contributed by atoms with Crippen LogP contribution in [0.2, 0.25) is 0 Å². The van der Waals surface area contributed by atoms with E-state index in [9.17, 15) is 4.79 Å². The van der Waals surface area contributed by atoms with Gasteiger partial charge in [0.2, 0.25) is 5.91 Å². The number of carbonyl (C=O) groups excluding carboxylic acids is 1. The lowest BCUT2D eigenvalue weighted by molar-refractivity contribution is -0.125. The number of aromatic nitrogens is 2. The third-order valence-corrected chi connectivity index (χ3v) is 5.27. The normalized spacial score (nSPS) is 17.3. The molecule has 1 amide bonds. The molecular formula is C19H24N4OS. The minimum Gasteiger partial charge on any atom is -0.356 e. The highest BCUT2D eigenvalue weighted by Crippen LogP contribution is 2.25. The van der Waals surface area contributed by atoms with E-state index in [0.29, 0.717) is 13.1 Å². The second kappa shape index (κ2) is 8.85. The number of anilines is 1. The fraction of sp³-hybridized carbons (Fsp3) is 0.421. The summed E-state index contributed by atoms with van der Waals surface area (Å²) in [4.78, 5) is 23.4. The topological polar surface area (TPSA) is 58.1 Å². The minimum atomic E-state index is 0.0381. The summed E-state index contributed by atoms with van der Waals surface area (Å²) in [6.45, 7) is 4.28. The van der Waals surface area contributed by atoms with Gasteiger partial charge < -0.3 is 10.2 Å². The van der Waals surface area contributed by atoms with Crippen molar-refractivity contribution in [2.45, 2.75) is 30.5 Å². The van der Waals surface area contributed by atoms with Crippen LogP contribution in [0.4, 0.5) is 5.82 Å². The summed E-state index contributed by atoms with van der Waals surface area (Å²) in [6.07, 6.45) is 5.55. The van der Waals surface area contributed by atoms with Crippen LogP contribution >= 0.6 is 11.8 Å². The van der Waals surface area contributed by atoms with Crippen molar-refractivity contribution in [2.75, 3.05) is 24.5 Å². The molecule has 0 spiro atoms.